The summed E-state index contributed by atoms with van der Waals surface area (Å²) in [7, 11) is 0. The Bertz CT molecular complexity index is 358. The maximum absolute atomic E-state index is 8.59. The first kappa shape index (κ1) is 12.2. The Balaban J connectivity index is 5.04. The summed E-state index contributed by atoms with van der Waals surface area (Å²) in [6.07, 6.45) is 3.50. The third-order valence-corrected chi connectivity index (χ3v) is 1.49. The van der Waals surface area contributed by atoms with E-state index in [9.17, 15) is 0 Å². The third-order valence-electron chi connectivity index (χ3n) is 1.49. The minimum atomic E-state index is -0.307. The van der Waals surface area contributed by atoms with Crippen molar-refractivity contribution in [2.45, 2.75) is 27.7 Å². The highest BCUT2D eigenvalue weighted by Gasteiger charge is 2.11. The van der Waals surface area contributed by atoms with Crippen molar-refractivity contribution in [3.05, 3.63) is 29.0 Å². The molecule has 0 heterocycles. The van der Waals surface area contributed by atoms with Crippen LogP contribution in [0.1, 0.15) is 27.7 Å². The lowest BCUT2D eigenvalue weighted by molar-refractivity contribution is 0.624. The molecule has 0 aliphatic heterocycles. The topological polar surface area (TPSA) is 47.6 Å². The molecule has 2 heteroatoms. The second kappa shape index (κ2) is 5.07. The summed E-state index contributed by atoms with van der Waals surface area (Å²) in [6.45, 7) is 7.76. The van der Waals surface area contributed by atoms with Crippen LogP contribution in [0, 0.1) is 28.1 Å². The van der Waals surface area contributed by atoms with Gasteiger partial charge < -0.3 is 0 Å². The normalized spacial score (nSPS) is 9.00. The zero-order chi connectivity index (χ0) is 11.2. The summed E-state index contributed by atoms with van der Waals surface area (Å²) >= 11 is 0. The molecule has 0 aliphatic rings. The van der Waals surface area contributed by atoms with Gasteiger partial charge in [-0.05, 0) is 31.6 Å². The molecule has 0 fully saturated rings. The van der Waals surface area contributed by atoms with Gasteiger partial charge in [0.25, 0.3) is 0 Å². The molecule has 0 atom stereocenters. The fourth-order valence-corrected chi connectivity index (χ4v) is 0.834. The van der Waals surface area contributed by atoms with E-state index < -0.39 is 0 Å². The Kier molecular flexibility index (Phi) is 4.44. The van der Waals surface area contributed by atoms with E-state index >= 15 is 0 Å². The first-order chi connectivity index (χ1) is 6.41. The van der Waals surface area contributed by atoms with Gasteiger partial charge in [0.15, 0.2) is 0 Å². The Morgan fingerprint density at radius 2 is 1.64 bits per heavy atom. The summed E-state index contributed by atoms with van der Waals surface area (Å²) in [6, 6.07) is 3.68. The number of hydrogen-bond acceptors (Lipinski definition) is 2. The fourth-order valence-electron chi connectivity index (χ4n) is 0.834. The fraction of sp³-hybridized carbons (Fsp3) is 0.417. The molecule has 0 aromatic rings. The van der Waals surface area contributed by atoms with E-state index in [0.29, 0.717) is 0 Å². The first-order valence-corrected chi connectivity index (χ1v) is 4.35. The molecule has 2 nitrogen and oxygen atoms in total. The van der Waals surface area contributed by atoms with Gasteiger partial charge in [0, 0.05) is 5.41 Å². The molecule has 0 amide bonds. The van der Waals surface area contributed by atoms with Crippen LogP contribution in [0.25, 0.3) is 0 Å². The summed E-state index contributed by atoms with van der Waals surface area (Å²) in [4.78, 5) is 0. The van der Waals surface area contributed by atoms with Gasteiger partial charge in [0.2, 0.25) is 0 Å². The zero-order valence-electron chi connectivity index (χ0n) is 9.05. The first-order valence-electron chi connectivity index (χ1n) is 4.35. The van der Waals surface area contributed by atoms with Crippen LogP contribution >= 0.6 is 0 Å². The molecule has 0 aromatic carbocycles. The summed E-state index contributed by atoms with van der Waals surface area (Å²) in [5, 5.41) is 17.2. The maximum atomic E-state index is 8.59. The maximum Gasteiger partial charge on any atom is 0.126 e. The van der Waals surface area contributed by atoms with E-state index in [1.54, 1.807) is 6.08 Å². The van der Waals surface area contributed by atoms with Crippen molar-refractivity contribution < 1.29 is 0 Å². The van der Waals surface area contributed by atoms with Crippen molar-refractivity contribution in [2.75, 3.05) is 0 Å². The Morgan fingerprint density at radius 3 is 2.00 bits per heavy atom. The van der Waals surface area contributed by atoms with E-state index in [1.807, 2.05) is 45.9 Å². The van der Waals surface area contributed by atoms with Crippen LogP contribution in [0.4, 0.5) is 0 Å². The van der Waals surface area contributed by atoms with Gasteiger partial charge in [-0.3, -0.25) is 0 Å². The van der Waals surface area contributed by atoms with Crippen LogP contribution in [0.3, 0.4) is 0 Å². The van der Waals surface area contributed by atoms with E-state index in [2.05, 4.69) is 5.73 Å². The number of nitriles is 2. The van der Waals surface area contributed by atoms with Gasteiger partial charge in [0.1, 0.15) is 17.7 Å². The number of rotatable bonds is 2. The van der Waals surface area contributed by atoms with Crippen LogP contribution in [0.5, 0.6) is 0 Å². The zero-order valence-corrected chi connectivity index (χ0v) is 9.05. The molecule has 0 saturated heterocycles. The van der Waals surface area contributed by atoms with Crippen molar-refractivity contribution in [3.8, 4) is 12.1 Å². The average molecular weight is 186 g/mol. The van der Waals surface area contributed by atoms with Crippen molar-refractivity contribution in [3.63, 3.8) is 0 Å². The van der Waals surface area contributed by atoms with Crippen molar-refractivity contribution in [1.82, 2.24) is 0 Å². The predicted octanol–water partition coefficient (Wildman–Crippen LogP) is 3.11. The third kappa shape index (κ3) is 4.99. The van der Waals surface area contributed by atoms with Crippen molar-refractivity contribution in [2.24, 2.45) is 5.41 Å². The molecule has 0 bridgehead atoms. The molecule has 0 N–H and O–H groups in total. The number of nitrogens with zero attached hydrogens (tertiary/aromatic N) is 2. The highest BCUT2D eigenvalue weighted by Crippen LogP contribution is 2.20. The minimum absolute atomic E-state index is 0.141. The molecule has 0 spiro atoms. The van der Waals surface area contributed by atoms with Gasteiger partial charge in [-0.25, -0.2) is 0 Å². The van der Waals surface area contributed by atoms with E-state index in [0.717, 1.165) is 5.57 Å². The van der Waals surface area contributed by atoms with Crippen LogP contribution < -0.4 is 0 Å². The van der Waals surface area contributed by atoms with Crippen LogP contribution in [-0.2, 0) is 0 Å². The predicted molar refractivity (Wildman–Crippen MR) is 56.0 cm³/mol. The van der Waals surface area contributed by atoms with Gasteiger partial charge in [-0.1, -0.05) is 13.8 Å². The highest BCUT2D eigenvalue weighted by molar-refractivity contribution is 5.37. The lowest BCUT2D eigenvalue weighted by atomic mass is 9.91. The summed E-state index contributed by atoms with van der Waals surface area (Å²) in [5.41, 5.74) is 3.97. The van der Waals surface area contributed by atoms with Crippen molar-refractivity contribution >= 4 is 0 Å². The molecule has 0 aliphatic carbocycles. The van der Waals surface area contributed by atoms with Crippen molar-refractivity contribution in [1.29, 1.82) is 10.5 Å². The molecule has 0 radical (unpaired) electrons. The quantitative estimate of drug-likeness (QED) is 0.491. The molecule has 0 unspecified atom stereocenters. The lowest BCUT2D eigenvalue weighted by Gasteiger charge is -2.12. The second-order valence-corrected chi connectivity index (χ2v) is 3.89. The molecular weight excluding hydrogens is 172 g/mol. The van der Waals surface area contributed by atoms with Gasteiger partial charge in [-0.15, -0.1) is 5.73 Å². The van der Waals surface area contributed by atoms with E-state index in [-0.39, 0.29) is 11.0 Å². The van der Waals surface area contributed by atoms with E-state index in [1.165, 1.54) is 0 Å². The summed E-state index contributed by atoms with van der Waals surface area (Å²) < 4.78 is 0. The molecule has 0 rings (SSSR count). The lowest BCUT2D eigenvalue weighted by Crippen LogP contribution is -2.02. The van der Waals surface area contributed by atoms with Crippen LogP contribution in [0.15, 0.2) is 29.0 Å². The van der Waals surface area contributed by atoms with Gasteiger partial charge in [-0.2, -0.15) is 10.5 Å². The number of hydrogen-bond donors (Lipinski definition) is 0. The minimum Gasteiger partial charge on any atom is -0.192 e. The standard InChI is InChI=1S/C12H14N2/c1-10(2)5-6-12(3,4)7-11(8-13)9-14/h6-7H,1-4H3. The summed E-state index contributed by atoms with van der Waals surface area (Å²) in [5.74, 6) is 0. The molecular formula is C12H14N2. The highest BCUT2D eigenvalue weighted by atomic mass is 14.3. The molecule has 0 aromatic heterocycles. The second-order valence-electron chi connectivity index (χ2n) is 3.89. The smallest absolute Gasteiger partial charge is 0.126 e. The SMILES string of the molecule is CC(C)=C=CC(C)(C)C=C(C#N)C#N. The van der Waals surface area contributed by atoms with E-state index in [4.69, 9.17) is 10.5 Å². The molecule has 0 saturated carbocycles. The van der Waals surface area contributed by atoms with Crippen LogP contribution in [0.2, 0.25) is 0 Å². The largest absolute Gasteiger partial charge is 0.192 e. The monoisotopic (exact) mass is 186 g/mol. The van der Waals surface area contributed by atoms with Crippen LogP contribution in [-0.4, -0.2) is 0 Å². The van der Waals surface area contributed by atoms with Gasteiger partial charge >= 0.3 is 0 Å². The average Bonchev–Trinajstić information content (AvgIpc) is 2.11. The Labute approximate surface area is 85.5 Å². The number of allylic oxidation sites excluding steroid dienone is 3. The molecule has 14 heavy (non-hydrogen) atoms. The van der Waals surface area contributed by atoms with Gasteiger partial charge in [0.05, 0.1) is 0 Å². The molecule has 72 valence electrons. The Morgan fingerprint density at radius 1 is 1.14 bits per heavy atom. The Hall–Kier alpha value is -1.76.